The molecule has 2 amide bonds. The molecule has 4 aliphatic carbocycles. The monoisotopic (exact) mass is 500 g/mol. The van der Waals surface area contributed by atoms with Crippen LogP contribution in [0.3, 0.4) is 0 Å². The van der Waals surface area contributed by atoms with Crippen molar-refractivity contribution >= 4 is 45.9 Å². The van der Waals surface area contributed by atoms with E-state index in [2.05, 4.69) is 28.2 Å². The van der Waals surface area contributed by atoms with E-state index in [1.54, 1.807) is 28.6 Å². The lowest BCUT2D eigenvalue weighted by atomic mass is 9.50. The number of amides is 2. The first-order valence-electron chi connectivity index (χ1n) is 12.4. The molecule has 8 heteroatoms. The maximum absolute atomic E-state index is 13.5. The molecule has 34 heavy (non-hydrogen) atoms. The SMILES string of the molecule is C[C@@H](c1ccc(N(C=O)[C@@H](CC2CCCC2)C(=O)NC23CC(C2)C3)s1)N(C)c1cncc(Cl)c1. The molecule has 182 valence electrons. The molecule has 0 saturated heterocycles. The van der Waals surface area contributed by atoms with Crippen LogP contribution in [0, 0.1) is 11.8 Å². The van der Waals surface area contributed by atoms with Gasteiger partial charge in [0.1, 0.15) is 6.04 Å². The van der Waals surface area contributed by atoms with Gasteiger partial charge in [-0.2, -0.15) is 0 Å². The Bertz CT molecular complexity index is 1040. The van der Waals surface area contributed by atoms with E-state index in [9.17, 15) is 9.59 Å². The van der Waals surface area contributed by atoms with Gasteiger partial charge in [0.25, 0.3) is 0 Å². The van der Waals surface area contributed by atoms with E-state index in [1.165, 1.54) is 12.8 Å². The Morgan fingerprint density at radius 3 is 2.65 bits per heavy atom. The molecule has 0 unspecified atom stereocenters. The molecule has 0 radical (unpaired) electrons. The Labute approximate surface area is 210 Å². The van der Waals surface area contributed by atoms with Crippen molar-refractivity contribution in [1.82, 2.24) is 10.3 Å². The molecule has 2 aromatic heterocycles. The van der Waals surface area contributed by atoms with Crippen LogP contribution < -0.4 is 15.1 Å². The summed E-state index contributed by atoms with van der Waals surface area (Å²) in [6, 6.07) is 5.54. The van der Waals surface area contributed by atoms with E-state index < -0.39 is 6.04 Å². The minimum atomic E-state index is -0.453. The van der Waals surface area contributed by atoms with E-state index in [-0.39, 0.29) is 17.5 Å². The van der Waals surface area contributed by atoms with Gasteiger partial charge in [-0.1, -0.05) is 37.3 Å². The van der Waals surface area contributed by atoms with Crippen molar-refractivity contribution in [3.63, 3.8) is 0 Å². The summed E-state index contributed by atoms with van der Waals surface area (Å²) < 4.78 is 0. The van der Waals surface area contributed by atoms with Crippen LogP contribution in [-0.2, 0) is 9.59 Å². The average Bonchev–Trinajstić information content (AvgIpc) is 3.46. The van der Waals surface area contributed by atoms with Gasteiger partial charge >= 0.3 is 0 Å². The summed E-state index contributed by atoms with van der Waals surface area (Å²) in [5.41, 5.74) is 0.937. The predicted octanol–water partition coefficient (Wildman–Crippen LogP) is 5.57. The quantitative estimate of drug-likeness (QED) is 0.433. The van der Waals surface area contributed by atoms with E-state index in [1.807, 2.05) is 19.2 Å². The molecule has 4 saturated carbocycles. The van der Waals surface area contributed by atoms with E-state index >= 15 is 0 Å². The van der Waals surface area contributed by atoms with E-state index in [4.69, 9.17) is 11.6 Å². The number of aromatic nitrogens is 1. The fourth-order valence-corrected chi connectivity index (χ4v) is 7.16. The average molecular weight is 501 g/mol. The first-order valence-corrected chi connectivity index (χ1v) is 13.6. The highest BCUT2D eigenvalue weighted by Crippen LogP contribution is 2.57. The standard InChI is InChI=1S/C26H33ClN4O2S/c1-17(30(2)21-10-20(27)14-28-15-21)23-7-8-24(34-23)31(16-32)22(9-18-5-3-4-6-18)25(33)29-26-11-19(12-26)13-26/h7-8,10,14-19,22H,3-6,9,11-13H2,1-2H3,(H,29,33)/t17-,19?,22-,26?/m0/s1. The number of hydrogen-bond acceptors (Lipinski definition) is 5. The van der Waals surface area contributed by atoms with Gasteiger partial charge in [-0.15, -0.1) is 11.3 Å². The number of nitrogens with one attached hydrogen (secondary N) is 1. The minimum absolute atomic E-state index is 0.00700. The topological polar surface area (TPSA) is 65.5 Å². The number of rotatable bonds is 10. The zero-order chi connectivity index (χ0) is 23.9. The molecule has 0 aliphatic heterocycles. The van der Waals surface area contributed by atoms with Crippen molar-refractivity contribution in [2.45, 2.75) is 75.9 Å². The van der Waals surface area contributed by atoms with Crippen molar-refractivity contribution in [2.24, 2.45) is 11.8 Å². The number of pyridine rings is 1. The Morgan fingerprint density at radius 2 is 2.03 bits per heavy atom. The van der Waals surface area contributed by atoms with Gasteiger partial charge in [0.15, 0.2) is 0 Å². The van der Waals surface area contributed by atoms with Crippen LogP contribution in [0.25, 0.3) is 0 Å². The van der Waals surface area contributed by atoms with Gasteiger partial charge in [0.2, 0.25) is 12.3 Å². The van der Waals surface area contributed by atoms with Gasteiger partial charge in [0.05, 0.1) is 27.9 Å². The highest BCUT2D eigenvalue weighted by atomic mass is 35.5. The maximum Gasteiger partial charge on any atom is 0.243 e. The van der Waals surface area contributed by atoms with Crippen LogP contribution in [0.1, 0.15) is 69.2 Å². The predicted molar refractivity (Wildman–Crippen MR) is 138 cm³/mol. The van der Waals surface area contributed by atoms with Crippen molar-refractivity contribution in [3.05, 3.63) is 40.5 Å². The van der Waals surface area contributed by atoms with Gasteiger partial charge in [-0.05, 0) is 62.6 Å². The number of thiophene rings is 1. The van der Waals surface area contributed by atoms with Gasteiger partial charge in [0, 0.05) is 23.7 Å². The number of hydrogen-bond donors (Lipinski definition) is 1. The lowest BCUT2D eigenvalue weighted by molar-refractivity contribution is -0.135. The van der Waals surface area contributed by atoms with Crippen LogP contribution in [0.5, 0.6) is 0 Å². The summed E-state index contributed by atoms with van der Waals surface area (Å²) in [6.45, 7) is 2.12. The summed E-state index contributed by atoms with van der Waals surface area (Å²) in [7, 11) is 2.01. The Kier molecular flexibility index (Phi) is 6.60. The van der Waals surface area contributed by atoms with Crippen LogP contribution in [0.15, 0.2) is 30.6 Å². The number of anilines is 2. The van der Waals surface area contributed by atoms with Gasteiger partial charge < -0.3 is 10.2 Å². The molecular formula is C26H33ClN4O2S. The Balaban J connectivity index is 1.34. The second kappa shape index (κ2) is 9.50. The lowest BCUT2D eigenvalue weighted by Crippen LogP contribution is -2.70. The number of carbonyl (C=O) groups excluding carboxylic acids is 2. The molecule has 0 spiro atoms. The molecule has 2 aromatic rings. The zero-order valence-electron chi connectivity index (χ0n) is 19.9. The van der Waals surface area contributed by atoms with Crippen molar-refractivity contribution in [2.75, 3.05) is 16.8 Å². The van der Waals surface area contributed by atoms with Gasteiger partial charge in [-0.25, -0.2) is 0 Å². The van der Waals surface area contributed by atoms with Crippen molar-refractivity contribution in [1.29, 1.82) is 0 Å². The Morgan fingerprint density at radius 1 is 1.29 bits per heavy atom. The zero-order valence-corrected chi connectivity index (χ0v) is 21.4. The molecule has 2 atom stereocenters. The molecular weight excluding hydrogens is 468 g/mol. The molecule has 4 aliphatic rings. The molecule has 2 bridgehead atoms. The highest BCUT2D eigenvalue weighted by Gasteiger charge is 2.57. The second-order valence-corrected chi connectivity index (χ2v) is 12.0. The van der Waals surface area contributed by atoms with Crippen LogP contribution in [0.2, 0.25) is 5.02 Å². The molecule has 4 fully saturated rings. The summed E-state index contributed by atoms with van der Waals surface area (Å²) in [6.07, 6.45) is 13.0. The van der Waals surface area contributed by atoms with Crippen molar-refractivity contribution in [3.8, 4) is 0 Å². The normalized spacial score (nSPS) is 25.1. The summed E-state index contributed by atoms with van der Waals surface area (Å²) in [4.78, 5) is 35.0. The third-order valence-corrected chi connectivity index (χ3v) is 9.64. The summed E-state index contributed by atoms with van der Waals surface area (Å²) in [5.74, 6) is 1.32. The van der Waals surface area contributed by atoms with Crippen LogP contribution in [0.4, 0.5) is 10.7 Å². The Hall–Kier alpha value is -2.12. The first kappa shape index (κ1) is 23.6. The number of halogens is 1. The third-order valence-electron chi connectivity index (χ3n) is 8.17. The molecule has 6 nitrogen and oxygen atoms in total. The van der Waals surface area contributed by atoms with E-state index in [0.29, 0.717) is 10.9 Å². The fourth-order valence-electron chi connectivity index (χ4n) is 5.88. The second-order valence-electron chi connectivity index (χ2n) is 10.5. The highest BCUT2D eigenvalue weighted by molar-refractivity contribution is 7.16. The largest absolute Gasteiger partial charge is 0.366 e. The smallest absolute Gasteiger partial charge is 0.243 e. The minimum Gasteiger partial charge on any atom is -0.366 e. The molecule has 0 aromatic carbocycles. The number of carbonyl (C=O) groups is 2. The van der Waals surface area contributed by atoms with E-state index in [0.717, 1.165) is 66.4 Å². The third kappa shape index (κ3) is 4.57. The fraction of sp³-hybridized carbons (Fsp3) is 0.577. The van der Waals surface area contributed by atoms with Crippen LogP contribution in [-0.4, -0.2) is 35.9 Å². The van der Waals surface area contributed by atoms with Crippen LogP contribution >= 0.6 is 22.9 Å². The van der Waals surface area contributed by atoms with Gasteiger partial charge in [-0.3, -0.25) is 19.5 Å². The summed E-state index contributed by atoms with van der Waals surface area (Å²) in [5, 5.41) is 4.75. The first-order chi connectivity index (χ1) is 16.4. The molecule has 1 N–H and O–H groups in total. The maximum atomic E-state index is 13.5. The lowest BCUT2D eigenvalue weighted by Gasteiger charge is -2.62. The molecule has 2 heterocycles. The number of nitrogens with zero attached hydrogens (tertiary/aromatic N) is 3. The molecule has 6 rings (SSSR count). The van der Waals surface area contributed by atoms with Crippen molar-refractivity contribution < 1.29 is 9.59 Å². The summed E-state index contributed by atoms with van der Waals surface area (Å²) >= 11 is 7.70.